The van der Waals surface area contributed by atoms with Gasteiger partial charge in [0.25, 0.3) is 0 Å². The molecule has 0 aromatic heterocycles. The molecular weight excluding hydrogens is 314 g/mol. The second-order valence-electron chi connectivity index (χ2n) is 9.11. The Labute approximate surface area is 151 Å². The summed E-state index contributed by atoms with van der Waals surface area (Å²) in [6.07, 6.45) is 13.3. The lowest BCUT2D eigenvalue weighted by Gasteiger charge is -2.47. The number of aliphatic hydroxyl groups excluding tert-OH is 1. The van der Waals surface area contributed by atoms with Gasteiger partial charge in [-0.1, -0.05) is 25.2 Å². The zero-order chi connectivity index (χ0) is 17.9. The minimum absolute atomic E-state index is 0.0603. The van der Waals surface area contributed by atoms with Gasteiger partial charge in [-0.3, -0.25) is 0 Å². The monoisotopic (exact) mass is 347 g/mol. The number of fused-ring (bicyclic) bond motifs is 4. The summed E-state index contributed by atoms with van der Waals surface area (Å²) < 4.78 is 6.23. The van der Waals surface area contributed by atoms with Crippen molar-refractivity contribution in [1.29, 1.82) is 0 Å². The standard InChI is InChI=1S/C19H26O3.C2H7N/c1-17-8-2-3-15(17)18(21)10-6-12-4-5-13(20)11-19(12)16(22-19)14(18)7-9-17;1-3-2/h2,7-8,12-13,15-16,20-21H,3-6,9-11H2,1H3;3H,1-2H3/t12?,13?,15?,16?,17?,18-,19?;/m1./s1. The molecule has 140 valence electrons. The van der Waals surface area contributed by atoms with Crippen LogP contribution < -0.4 is 5.32 Å². The highest BCUT2D eigenvalue weighted by atomic mass is 16.6. The van der Waals surface area contributed by atoms with Gasteiger partial charge in [0.05, 0.1) is 11.7 Å². The van der Waals surface area contributed by atoms with E-state index in [1.165, 1.54) is 0 Å². The summed E-state index contributed by atoms with van der Waals surface area (Å²) in [6.45, 7) is 2.29. The first kappa shape index (κ1) is 17.7. The smallest absolute Gasteiger partial charge is 0.112 e. The Morgan fingerprint density at radius 2 is 2.00 bits per heavy atom. The van der Waals surface area contributed by atoms with Crippen LogP contribution in [0.1, 0.15) is 51.9 Å². The number of rotatable bonds is 0. The van der Waals surface area contributed by atoms with E-state index in [9.17, 15) is 10.2 Å². The predicted molar refractivity (Wildman–Crippen MR) is 98.2 cm³/mol. The van der Waals surface area contributed by atoms with Crippen LogP contribution >= 0.6 is 0 Å². The zero-order valence-electron chi connectivity index (χ0n) is 15.8. The van der Waals surface area contributed by atoms with Crippen molar-refractivity contribution in [2.24, 2.45) is 17.3 Å². The maximum absolute atomic E-state index is 11.7. The first-order valence-electron chi connectivity index (χ1n) is 9.94. The fourth-order valence-corrected chi connectivity index (χ4v) is 6.21. The molecule has 3 fully saturated rings. The number of allylic oxidation sites excluding steroid dienone is 3. The van der Waals surface area contributed by atoms with Gasteiger partial charge in [-0.15, -0.1) is 0 Å². The van der Waals surface area contributed by atoms with E-state index in [-0.39, 0.29) is 23.2 Å². The van der Waals surface area contributed by atoms with Crippen molar-refractivity contribution >= 4 is 0 Å². The molecular formula is C21H33NO3. The van der Waals surface area contributed by atoms with E-state index in [2.05, 4.69) is 30.5 Å². The Bertz CT molecular complexity index is 602. The van der Waals surface area contributed by atoms with Crippen molar-refractivity contribution in [3.63, 3.8) is 0 Å². The molecule has 1 spiro atoms. The van der Waals surface area contributed by atoms with Crippen molar-refractivity contribution in [2.45, 2.75) is 75.3 Å². The highest BCUT2D eigenvalue weighted by Gasteiger charge is 2.70. The van der Waals surface area contributed by atoms with Gasteiger partial charge >= 0.3 is 0 Å². The minimum atomic E-state index is -0.701. The molecule has 4 aliphatic carbocycles. The predicted octanol–water partition coefficient (Wildman–Crippen LogP) is 2.56. The van der Waals surface area contributed by atoms with Crippen LogP contribution in [0, 0.1) is 17.3 Å². The largest absolute Gasteiger partial charge is 0.393 e. The number of ether oxygens (including phenoxy) is 1. The molecule has 7 atom stereocenters. The second-order valence-corrected chi connectivity index (χ2v) is 9.11. The first-order valence-corrected chi connectivity index (χ1v) is 9.94. The van der Waals surface area contributed by atoms with E-state index in [1.54, 1.807) is 0 Å². The summed E-state index contributed by atoms with van der Waals surface area (Å²) >= 11 is 0. The van der Waals surface area contributed by atoms with Gasteiger partial charge in [-0.2, -0.15) is 0 Å². The lowest BCUT2D eigenvalue weighted by Crippen LogP contribution is -2.49. The van der Waals surface area contributed by atoms with Crippen LogP contribution in [-0.2, 0) is 4.74 Å². The summed E-state index contributed by atoms with van der Waals surface area (Å²) in [5.41, 5.74) is 0.394. The topological polar surface area (TPSA) is 65.0 Å². The molecule has 2 saturated carbocycles. The van der Waals surface area contributed by atoms with Gasteiger partial charge in [-0.05, 0) is 69.5 Å². The third-order valence-electron chi connectivity index (χ3n) is 7.48. The van der Waals surface area contributed by atoms with E-state index in [0.29, 0.717) is 11.8 Å². The molecule has 25 heavy (non-hydrogen) atoms. The second kappa shape index (κ2) is 5.91. The number of epoxide rings is 1. The van der Waals surface area contributed by atoms with Crippen molar-refractivity contribution in [3.8, 4) is 0 Å². The molecule has 1 saturated heterocycles. The lowest BCUT2D eigenvalue weighted by atomic mass is 9.60. The quantitative estimate of drug-likeness (QED) is 0.465. The molecule has 5 rings (SSSR count). The summed E-state index contributed by atoms with van der Waals surface area (Å²) in [6, 6.07) is 0. The van der Waals surface area contributed by atoms with Crippen molar-refractivity contribution in [3.05, 3.63) is 23.8 Å². The van der Waals surface area contributed by atoms with Crippen LogP contribution in [0.5, 0.6) is 0 Å². The van der Waals surface area contributed by atoms with Gasteiger partial charge in [0.1, 0.15) is 11.7 Å². The van der Waals surface area contributed by atoms with E-state index in [0.717, 1.165) is 50.5 Å². The van der Waals surface area contributed by atoms with Crippen molar-refractivity contribution in [2.75, 3.05) is 14.1 Å². The van der Waals surface area contributed by atoms with Crippen LogP contribution in [0.25, 0.3) is 0 Å². The maximum atomic E-state index is 11.7. The number of hydrogen-bond donors (Lipinski definition) is 3. The van der Waals surface area contributed by atoms with Crippen molar-refractivity contribution < 1.29 is 14.9 Å². The third-order valence-corrected chi connectivity index (χ3v) is 7.48. The molecule has 0 aromatic carbocycles. The van der Waals surface area contributed by atoms with E-state index in [1.807, 2.05) is 14.1 Å². The molecule has 5 aliphatic rings. The normalized spacial score (nSPS) is 52.4. The van der Waals surface area contributed by atoms with Crippen molar-refractivity contribution in [1.82, 2.24) is 5.32 Å². The molecule has 6 unspecified atom stereocenters. The van der Waals surface area contributed by atoms with Gasteiger partial charge < -0.3 is 20.3 Å². The summed E-state index contributed by atoms with van der Waals surface area (Å²) in [5.74, 6) is 0.809. The number of aliphatic hydroxyl groups is 2. The SMILES string of the molecule is CC12C=CCC1[C@@]1(O)CCC3CCC(O)CC34OC4C1=CC2.CNC. The molecule has 4 nitrogen and oxygen atoms in total. The molecule has 0 bridgehead atoms. The average Bonchev–Trinajstić information content (AvgIpc) is 3.09. The lowest BCUT2D eigenvalue weighted by molar-refractivity contribution is -0.0478. The fraction of sp³-hybridized carbons (Fsp3) is 0.810. The Morgan fingerprint density at radius 3 is 2.76 bits per heavy atom. The Hall–Kier alpha value is -0.680. The van der Waals surface area contributed by atoms with Gasteiger partial charge in [0.15, 0.2) is 0 Å². The van der Waals surface area contributed by atoms with Crippen LogP contribution in [0.3, 0.4) is 0 Å². The summed E-state index contributed by atoms with van der Waals surface area (Å²) in [4.78, 5) is 0. The van der Waals surface area contributed by atoms with Crippen LogP contribution in [0.2, 0.25) is 0 Å². The summed E-state index contributed by atoms with van der Waals surface area (Å²) in [7, 11) is 3.75. The Kier molecular flexibility index (Phi) is 4.19. The summed E-state index contributed by atoms with van der Waals surface area (Å²) in [5, 5.41) is 24.5. The van der Waals surface area contributed by atoms with E-state index < -0.39 is 5.60 Å². The van der Waals surface area contributed by atoms with Gasteiger partial charge in [0, 0.05) is 12.3 Å². The first-order chi connectivity index (χ1) is 11.9. The molecule has 1 aliphatic heterocycles. The highest BCUT2D eigenvalue weighted by Crippen LogP contribution is 2.65. The minimum Gasteiger partial charge on any atom is -0.393 e. The van der Waals surface area contributed by atoms with Crippen LogP contribution in [0.4, 0.5) is 0 Å². The Balaban J connectivity index is 0.000000490. The maximum Gasteiger partial charge on any atom is 0.112 e. The molecule has 0 aromatic rings. The van der Waals surface area contributed by atoms with E-state index in [4.69, 9.17) is 4.74 Å². The number of hydrogen-bond acceptors (Lipinski definition) is 4. The molecule has 0 radical (unpaired) electrons. The molecule has 4 heteroatoms. The molecule has 0 amide bonds. The third kappa shape index (κ3) is 2.48. The van der Waals surface area contributed by atoms with Crippen LogP contribution in [0.15, 0.2) is 23.8 Å². The molecule has 3 N–H and O–H groups in total. The average molecular weight is 347 g/mol. The molecule has 1 heterocycles. The highest BCUT2D eigenvalue weighted by molar-refractivity contribution is 5.40. The fourth-order valence-electron chi connectivity index (χ4n) is 6.21. The van der Waals surface area contributed by atoms with E-state index >= 15 is 0 Å². The van der Waals surface area contributed by atoms with Gasteiger partial charge in [-0.25, -0.2) is 0 Å². The zero-order valence-corrected chi connectivity index (χ0v) is 15.8. The van der Waals surface area contributed by atoms with Gasteiger partial charge in [0.2, 0.25) is 0 Å². The van der Waals surface area contributed by atoms with Crippen LogP contribution in [-0.4, -0.2) is 47.7 Å². The number of nitrogens with one attached hydrogen (secondary N) is 1. The Morgan fingerprint density at radius 1 is 1.24 bits per heavy atom.